The molecule has 0 nitrogen and oxygen atoms in total. The molecule has 0 heteroatoms. The molecule has 0 aliphatic heterocycles. The lowest BCUT2D eigenvalue weighted by Gasteiger charge is -2.40. The van der Waals surface area contributed by atoms with Gasteiger partial charge in [0.15, 0.2) is 0 Å². The van der Waals surface area contributed by atoms with Gasteiger partial charge in [-0.25, -0.2) is 0 Å². The summed E-state index contributed by atoms with van der Waals surface area (Å²) in [6.07, 6.45) is 9.36. The van der Waals surface area contributed by atoms with E-state index in [2.05, 4.69) is 74.5 Å². The zero-order chi connectivity index (χ0) is 14.8. The molecule has 3 aliphatic rings. The maximum Gasteiger partial charge on any atom is 0.0202 e. The topological polar surface area (TPSA) is 0 Å². The maximum atomic E-state index is 2.49. The van der Waals surface area contributed by atoms with Crippen LogP contribution in [0.25, 0.3) is 16.3 Å². The van der Waals surface area contributed by atoms with Crippen molar-refractivity contribution in [3.05, 3.63) is 88.5 Å². The first-order valence-corrected chi connectivity index (χ1v) is 8.05. The normalized spacial score (nSPS) is 25.0. The second kappa shape index (κ2) is 4.10. The summed E-state index contributed by atoms with van der Waals surface area (Å²) in [5, 5.41) is 2.82. The van der Waals surface area contributed by atoms with Gasteiger partial charge in [-0.3, -0.25) is 0 Å². The van der Waals surface area contributed by atoms with Crippen LogP contribution in [0.1, 0.15) is 30.9 Å². The van der Waals surface area contributed by atoms with Gasteiger partial charge < -0.3 is 0 Å². The van der Waals surface area contributed by atoms with E-state index >= 15 is 0 Å². The zero-order valence-corrected chi connectivity index (χ0v) is 12.9. The van der Waals surface area contributed by atoms with Gasteiger partial charge in [0.1, 0.15) is 0 Å². The quantitative estimate of drug-likeness (QED) is 0.574. The third kappa shape index (κ3) is 1.38. The Labute approximate surface area is 131 Å². The second-order valence-corrected chi connectivity index (χ2v) is 6.67. The van der Waals surface area contributed by atoms with Crippen molar-refractivity contribution in [2.75, 3.05) is 0 Å². The molecular formula is C22H18. The lowest BCUT2D eigenvalue weighted by molar-refractivity contribution is 0.669. The molecular weight excluding hydrogens is 264 g/mol. The van der Waals surface area contributed by atoms with E-state index in [1.165, 1.54) is 44.2 Å². The molecule has 2 aromatic carbocycles. The average Bonchev–Trinajstić information content (AvgIpc) is 2.56. The van der Waals surface area contributed by atoms with Gasteiger partial charge in [-0.15, -0.1) is 0 Å². The van der Waals surface area contributed by atoms with E-state index < -0.39 is 0 Å². The smallest absolute Gasteiger partial charge is 0.0202 e. The SMILES string of the molecule is CC1=CC2c3cccc4cccc(c34)C3=CC=CC(=C1C)C32. The van der Waals surface area contributed by atoms with E-state index in [9.17, 15) is 0 Å². The molecule has 0 N–H and O–H groups in total. The predicted molar refractivity (Wildman–Crippen MR) is 93.8 cm³/mol. The highest BCUT2D eigenvalue weighted by Crippen LogP contribution is 2.54. The van der Waals surface area contributed by atoms with Crippen LogP contribution in [0.2, 0.25) is 0 Å². The van der Waals surface area contributed by atoms with Gasteiger partial charge in [-0.05, 0) is 52.5 Å². The molecule has 0 fully saturated rings. The first kappa shape index (κ1) is 12.2. The van der Waals surface area contributed by atoms with Gasteiger partial charge in [0.05, 0.1) is 0 Å². The lowest BCUT2D eigenvalue weighted by Crippen LogP contribution is -2.25. The minimum absolute atomic E-state index is 0.480. The zero-order valence-electron chi connectivity index (χ0n) is 12.9. The molecule has 2 atom stereocenters. The number of benzene rings is 2. The molecule has 0 saturated carbocycles. The fourth-order valence-corrected chi connectivity index (χ4v) is 4.51. The summed E-state index contributed by atoms with van der Waals surface area (Å²) in [6.45, 7) is 4.52. The fourth-order valence-electron chi connectivity index (χ4n) is 4.51. The fraction of sp³-hybridized carbons (Fsp3) is 0.182. The Bertz CT molecular complexity index is 942. The Kier molecular flexibility index (Phi) is 2.28. The number of fused-ring (bicyclic) bond motifs is 2. The Balaban J connectivity index is 1.95. The Morgan fingerprint density at radius 2 is 1.77 bits per heavy atom. The van der Waals surface area contributed by atoms with Gasteiger partial charge in [0.2, 0.25) is 0 Å². The van der Waals surface area contributed by atoms with Crippen molar-refractivity contribution >= 4 is 16.3 Å². The summed E-state index contributed by atoms with van der Waals surface area (Å²) in [5.41, 5.74) is 8.81. The summed E-state index contributed by atoms with van der Waals surface area (Å²) < 4.78 is 0. The highest BCUT2D eigenvalue weighted by atomic mass is 14.4. The van der Waals surface area contributed by atoms with Gasteiger partial charge in [0, 0.05) is 11.8 Å². The van der Waals surface area contributed by atoms with Crippen LogP contribution in [-0.2, 0) is 0 Å². The number of hydrogen-bond acceptors (Lipinski definition) is 0. The van der Waals surface area contributed by atoms with Crippen LogP contribution in [0.15, 0.2) is 77.4 Å². The first-order valence-electron chi connectivity index (χ1n) is 8.05. The van der Waals surface area contributed by atoms with Crippen LogP contribution in [0.4, 0.5) is 0 Å². The van der Waals surface area contributed by atoms with E-state index in [1.54, 1.807) is 0 Å². The number of allylic oxidation sites excluding steroid dienone is 8. The molecule has 2 unspecified atom stereocenters. The molecule has 0 amide bonds. The largest absolute Gasteiger partial charge is 0.0728 e. The Hall–Kier alpha value is -2.34. The van der Waals surface area contributed by atoms with Crippen LogP contribution >= 0.6 is 0 Å². The maximum absolute atomic E-state index is 2.49. The molecule has 3 aliphatic carbocycles. The van der Waals surface area contributed by atoms with Crippen molar-refractivity contribution < 1.29 is 0 Å². The van der Waals surface area contributed by atoms with E-state index in [4.69, 9.17) is 0 Å². The standard InChI is InChI=1S/C22H18/c1-13-12-20-19-10-4-7-15-6-3-9-17(21(15)19)18-11-5-8-16(14(13)2)22(18)20/h3-12,20,22H,1-2H3. The molecule has 0 saturated heterocycles. The van der Waals surface area contributed by atoms with E-state index in [-0.39, 0.29) is 0 Å². The molecule has 5 rings (SSSR count). The predicted octanol–water partition coefficient (Wildman–Crippen LogP) is 5.78. The average molecular weight is 282 g/mol. The summed E-state index contributed by atoms with van der Waals surface area (Å²) in [5.74, 6) is 0.975. The van der Waals surface area contributed by atoms with Crippen molar-refractivity contribution in [1.82, 2.24) is 0 Å². The molecule has 0 aromatic heterocycles. The Morgan fingerprint density at radius 3 is 2.64 bits per heavy atom. The number of hydrogen-bond donors (Lipinski definition) is 0. The monoisotopic (exact) mass is 282 g/mol. The summed E-state index contributed by atoms with van der Waals surface area (Å²) >= 11 is 0. The molecule has 0 heterocycles. The molecule has 0 spiro atoms. The third-order valence-corrected chi connectivity index (χ3v) is 5.64. The Morgan fingerprint density at radius 1 is 0.955 bits per heavy atom. The first-order chi connectivity index (χ1) is 10.8. The van der Waals surface area contributed by atoms with Crippen LogP contribution in [0.3, 0.4) is 0 Å². The van der Waals surface area contributed by atoms with Crippen LogP contribution in [0.5, 0.6) is 0 Å². The van der Waals surface area contributed by atoms with Crippen molar-refractivity contribution in [3.63, 3.8) is 0 Å². The van der Waals surface area contributed by atoms with Gasteiger partial charge in [-0.1, -0.05) is 66.3 Å². The van der Waals surface area contributed by atoms with E-state index in [0.29, 0.717) is 11.8 Å². The van der Waals surface area contributed by atoms with Crippen molar-refractivity contribution in [3.8, 4) is 0 Å². The molecule has 0 bridgehead atoms. The van der Waals surface area contributed by atoms with E-state index in [0.717, 1.165) is 0 Å². The highest BCUT2D eigenvalue weighted by Gasteiger charge is 2.38. The molecule has 2 aromatic rings. The van der Waals surface area contributed by atoms with Gasteiger partial charge in [-0.2, -0.15) is 0 Å². The second-order valence-electron chi connectivity index (χ2n) is 6.67. The lowest BCUT2D eigenvalue weighted by atomic mass is 9.63. The summed E-state index contributed by atoms with van der Waals surface area (Å²) in [7, 11) is 0. The van der Waals surface area contributed by atoms with Crippen molar-refractivity contribution in [2.45, 2.75) is 19.8 Å². The minimum atomic E-state index is 0.480. The van der Waals surface area contributed by atoms with Gasteiger partial charge >= 0.3 is 0 Å². The summed E-state index contributed by atoms with van der Waals surface area (Å²) in [6, 6.07) is 13.5. The van der Waals surface area contributed by atoms with E-state index in [1.807, 2.05) is 0 Å². The van der Waals surface area contributed by atoms with Crippen molar-refractivity contribution in [1.29, 1.82) is 0 Å². The van der Waals surface area contributed by atoms with Crippen LogP contribution in [0, 0.1) is 5.92 Å². The molecule has 22 heavy (non-hydrogen) atoms. The molecule has 0 radical (unpaired) electrons. The van der Waals surface area contributed by atoms with Crippen molar-refractivity contribution in [2.24, 2.45) is 5.92 Å². The summed E-state index contributed by atoms with van der Waals surface area (Å²) in [4.78, 5) is 0. The number of rotatable bonds is 0. The third-order valence-electron chi connectivity index (χ3n) is 5.64. The molecule has 106 valence electrons. The van der Waals surface area contributed by atoms with Gasteiger partial charge in [0.25, 0.3) is 0 Å². The van der Waals surface area contributed by atoms with Crippen LogP contribution in [-0.4, -0.2) is 0 Å². The van der Waals surface area contributed by atoms with Crippen LogP contribution < -0.4 is 0 Å². The minimum Gasteiger partial charge on any atom is -0.0728 e. The highest BCUT2D eigenvalue weighted by molar-refractivity contribution is 6.01.